The zero-order chi connectivity index (χ0) is 17.3. The van der Waals surface area contributed by atoms with Crippen molar-refractivity contribution in [1.82, 2.24) is 4.90 Å². The van der Waals surface area contributed by atoms with Gasteiger partial charge in [-0.25, -0.2) is 4.79 Å². The molecule has 1 amide bonds. The molecule has 2 unspecified atom stereocenters. The second-order valence-corrected chi connectivity index (χ2v) is 6.32. The van der Waals surface area contributed by atoms with Crippen LogP contribution < -0.4 is 9.47 Å². The Morgan fingerprint density at radius 2 is 2.17 bits per heavy atom. The molecule has 2 aliphatic rings. The van der Waals surface area contributed by atoms with Gasteiger partial charge in [0, 0.05) is 12.1 Å². The van der Waals surface area contributed by atoms with E-state index in [9.17, 15) is 14.7 Å². The number of aliphatic carboxylic acids is 1. The zero-order valence-electron chi connectivity index (χ0n) is 13.8. The number of benzene rings is 1. The van der Waals surface area contributed by atoms with E-state index in [4.69, 9.17) is 9.47 Å². The predicted molar refractivity (Wildman–Crippen MR) is 88.0 cm³/mol. The summed E-state index contributed by atoms with van der Waals surface area (Å²) in [4.78, 5) is 25.8. The van der Waals surface area contributed by atoms with Crippen LogP contribution in [0, 0.1) is 5.92 Å². The summed E-state index contributed by atoms with van der Waals surface area (Å²) < 4.78 is 11.0. The molecule has 0 aliphatic carbocycles. The Hall–Kier alpha value is -2.50. The van der Waals surface area contributed by atoms with Crippen LogP contribution in [0.15, 0.2) is 23.8 Å². The molecule has 0 spiro atoms. The summed E-state index contributed by atoms with van der Waals surface area (Å²) in [6.07, 6.45) is 3.06. The molecule has 1 saturated heterocycles. The number of rotatable bonds is 3. The largest absolute Gasteiger partial charge is 0.493 e. The number of amides is 1. The fourth-order valence-corrected chi connectivity index (χ4v) is 3.27. The van der Waals surface area contributed by atoms with Gasteiger partial charge in [0.2, 0.25) is 0 Å². The number of carbonyl (C=O) groups is 2. The average Bonchev–Trinajstić information content (AvgIpc) is 2.59. The zero-order valence-corrected chi connectivity index (χ0v) is 13.8. The van der Waals surface area contributed by atoms with Crippen molar-refractivity contribution < 1.29 is 24.2 Å². The minimum atomic E-state index is -0.950. The molecule has 2 heterocycles. The van der Waals surface area contributed by atoms with Gasteiger partial charge in [0.05, 0.1) is 12.7 Å². The number of methoxy groups -OCH3 is 1. The van der Waals surface area contributed by atoms with E-state index in [0.717, 1.165) is 12.0 Å². The van der Waals surface area contributed by atoms with Gasteiger partial charge in [-0.1, -0.05) is 19.1 Å². The first-order chi connectivity index (χ1) is 11.5. The number of carboxylic acids is 1. The third-order valence-corrected chi connectivity index (χ3v) is 4.62. The van der Waals surface area contributed by atoms with E-state index in [2.05, 4.69) is 0 Å². The lowest BCUT2D eigenvalue weighted by molar-refractivity contribution is -0.151. The third kappa shape index (κ3) is 2.96. The second kappa shape index (κ2) is 6.55. The van der Waals surface area contributed by atoms with Gasteiger partial charge >= 0.3 is 5.97 Å². The lowest BCUT2D eigenvalue weighted by atomic mass is 9.91. The molecule has 6 nitrogen and oxygen atoms in total. The van der Waals surface area contributed by atoms with Crippen LogP contribution in [0.25, 0.3) is 6.08 Å². The van der Waals surface area contributed by atoms with Gasteiger partial charge in [0.1, 0.15) is 12.6 Å². The van der Waals surface area contributed by atoms with E-state index in [0.29, 0.717) is 36.0 Å². The molecule has 0 bridgehead atoms. The summed E-state index contributed by atoms with van der Waals surface area (Å²) in [5, 5.41) is 9.44. The van der Waals surface area contributed by atoms with Crippen molar-refractivity contribution in [3.8, 4) is 11.5 Å². The molecule has 2 atom stereocenters. The van der Waals surface area contributed by atoms with Crippen LogP contribution in [0.4, 0.5) is 0 Å². The SMILES string of the molecule is COc1cccc2c1OCC(C(=O)N1CCC(C)CC1C(=O)O)=C2. The van der Waals surface area contributed by atoms with Crippen LogP contribution in [0.5, 0.6) is 11.5 Å². The first-order valence-electron chi connectivity index (χ1n) is 8.05. The Kier molecular flexibility index (Phi) is 4.46. The molecule has 0 aromatic heterocycles. The van der Waals surface area contributed by atoms with Crippen LogP contribution >= 0.6 is 0 Å². The van der Waals surface area contributed by atoms with Crippen LogP contribution in [-0.2, 0) is 9.59 Å². The van der Waals surface area contributed by atoms with Gasteiger partial charge in [-0.05, 0) is 30.9 Å². The number of ether oxygens (including phenoxy) is 2. The van der Waals surface area contributed by atoms with Crippen LogP contribution in [0.2, 0.25) is 0 Å². The van der Waals surface area contributed by atoms with E-state index < -0.39 is 12.0 Å². The summed E-state index contributed by atoms with van der Waals surface area (Å²) >= 11 is 0. The fraction of sp³-hybridized carbons (Fsp3) is 0.444. The number of carboxylic acid groups (broad SMARTS) is 1. The molecular weight excluding hydrogens is 310 g/mol. The molecular formula is C18H21NO5. The third-order valence-electron chi connectivity index (χ3n) is 4.62. The van der Waals surface area contributed by atoms with Crippen molar-refractivity contribution in [2.24, 2.45) is 5.92 Å². The predicted octanol–water partition coefficient (Wildman–Crippen LogP) is 2.18. The lowest BCUT2D eigenvalue weighted by Gasteiger charge is -2.36. The van der Waals surface area contributed by atoms with Gasteiger partial charge in [-0.15, -0.1) is 0 Å². The Bertz CT molecular complexity index is 697. The monoisotopic (exact) mass is 331 g/mol. The Morgan fingerprint density at radius 3 is 2.88 bits per heavy atom. The first-order valence-corrected chi connectivity index (χ1v) is 8.05. The molecule has 0 saturated carbocycles. The van der Waals surface area contributed by atoms with E-state index in [1.807, 2.05) is 19.1 Å². The van der Waals surface area contributed by atoms with Gasteiger partial charge < -0.3 is 19.5 Å². The molecule has 24 heavy (non-hydrogen) atoms. The van der Waals surface area contributed by atoms with Gasteiger partial charge in [-0.3, -0.25) is 4.79 Å². The number of hydrogen-bond acceptors (Lipinski definition) is 4. The summed E-state index contributed by atoms with van der Waals surface area (Å²) in [7, 11) is 1.57. The van der Waals surface area contributed by atoms with Gasteiger partial charge in [0.25, 0.3) is 5.91 Å². The fourth-order valence-electron chi connectivity index (χ4n) is 3.27. The Balaban J connectivity index is 1.87. The highest BCUT2D eigenvalue weighted by atomic mass is 16.5. The standard InChI is InChI=1S/C18H21NO5/c1-11-6-7-19(14(8-11)18(21)22)17(20)13-9-12-4-3-5-15(23-2)16(12)24-10-13/h3-5,9,11,14H,6-8,10H2,1-2H3,(H,21,22). The average molecular weight is 331 g/mol. The maximum Gasteiger partial charge on any atom is 0.326 e. The second-order valence-electron chi connectivity index (χ2n) is 6.32. The normalized spacial score (nSPS) is 22.9. The van der Waals surface area contributed by atoms with E-state index in [1.54, 1.807) is 19.3 Å². The summed E-state index contributed by atoms with van der Waals surface area (Å²) in [6.45, 7) is 2.59. The topological polar surface area (TPSA) is 76.1 Å². The van der Waals surface area contributed by atoms with Crippen molar-refractivity contribution in [2.75, 3.05) is 20.3 Å². The molecule has 6 heteroatoms. The molecule has 0 radical (unpaired) electrons. The lowest BCUT2D eigenvalue weighted by Crippen LogP contribution is -2.50. The number of nitrogens with zero attached hydrogens (tertiary/aromatic N) is 1. The van der Waals surface area contributed by atoms with Crippen molar-refractivity contribution in [3.63, 3.8) is 0 Å². The van der Waals surface area contributed by atoms with Crippen molar-refractivity contribution in [1.29, 1.82) is 0 Å². The molecule has 128 valence electrons. The number of carbonyl (C=O) groups excluding carboxylic acids is 1. The van der Waals surface area contributed by atoms with Crippen LogP contribution in [0.3, 0.4) is 0 Å². The van der Waals surface area contributed by atoms with Gasteiger partial charge in [-0.2, -0.15) is 0 Å². The minimum absolute atomic E-state index is 0.116. The van der Waals surface area contributed by atoms with Crippen LogP contribution in [0.1, 0.15) is 25.3 Å². The number of para-hydroxylation sites is 1. The smallest absolute Gasteiger partial charge is 0.326 e. The summed E-state index contributed by atoms with van der Waals surface area (Å²) in [5.74, 6) is 0.317. The summed E-state index contributed by atoms with van der Waals surface area (Å²) in [5.41, 5.74) is 1.23. The highest BCUT2D eigenvalue weighted by Gasteiger charge is 2.36. The van der Waals surface area contributed by atoms with Crippen molar-refractivity contribution >= 4 is 18.0 Å². The highest BCUT2D eigenvalue weighted by Crippen LogP contribution is 2.36. The molecule has 1 aromatic rings. The maximum absolute atomic E-state index is 12.8. The van der Waals surface area contributed by atoms with Crippen molar-refractivity contribution in [3.05, 3.63) is 29.3 Å². The molecule has 2 aliphatic heterocycles. The Labute approximate surface area is 140 Å². The maximum atomic E-state index is 12.8. The number of fused-ring (bicyclic) bond motifs is 1. The van der Waals surface area contributed by atoms with Crippen molar-refractivity contribution in [2.45, 2.75) is 25.8 Å². The quantitative estimate of drug-likeness (QED) is 0.919. The van der Waals surface area contributed by atoms with E-state index in [1.165, 1.54) is 4.90 Å². The molecule has 1 aromatic carbocycles. The van der Waals surface area contributed by atoms with Gasteiger partial charge in [0.15, 0.2) is 11.5 Å². The van der Waals surface area contributed by atoms with E-state index in [-0.39, 0.29) is 12.5 Å². The number of likely N-dealkylation sites (tertiary alicyclic amines) is 1. The van der Waals surface area contributed by atoms with Crippen LogP contribution in [-0.4, -0.2) is 48.2 Å². The number of piperidine rings is 1. The molecule has 3 rings (SSSR count). The first kappa shape index (κ1) is 16.4. The highest BCUT2D eigenvalue weighted by molar-refractivity contribution is 6.01. The Morgan fingerprint density at radius 1 is 1.38 bits per heavy atom. The number of hydrogen-bond donors (Lipinski definition) is 1. The van der Waals surface area contributed by atoms with E-state index >= 15 is 0 Å². The molecule has 1 N–H and O–H groups in total. The summed E-state index contributed by atoms with van der Waals surface area (Å²) in [6, 6.07) is 4.70. The minimum Gasteiger partial charge on any atom is -0.493 e. The molecule has 1 fully saturated rings.